The Morgan fingerprint density at radius 3 is 2.73 bits per heavy atom. The van der Waals surface area contributed by atoms with Crippen LogP contribution in [0.25, 0.3) is 0 Å². The molecule has 0 aliphatic heterocycles. The Morgan fingerprint density at radius 2 is 2.00 bits per heavy atom. The number of aromatic hydroxyl groups is 1. The zero-order valence-electron chi connectivity index (χ0n) is 12.7. The van der Waals surface area contributed by atoms with Gasteiger partial charge in [-0.15, -0.1) is 0 Å². The number of ether oxygens (including phenoxy) is 1. The second-order valence-electron chi connectivity index (χ2n) is 5.91. The van der Waals surface area contributed by atoms with Crippen LogP contribution in [0.2, 0.25) is 0 Å². The van der Waals surface area contributed by atoms with Crippen molar-refractivity contribution < 1.29 is 14.6 Å². The normalized spacial score (nSPS) is 16.9. The van der Waals surface area contributed by atoms with Gasteiger partial charge in [-0.05, 0) is 72.6 Å². The zero-order chi connectivity index (χ0) is 15.5. The Balaban J connectivity index is 1.81. The van der Waals surface area contributed by atoms with E-state index >= 15 is 0 Å². The molecule has 0 bridgehead atoms. The highest BCUT2D eigenvalue weighted by molar-refractivity contribution is 5.69. The minimum absolute atomic E-state index is 0.281. The van der Waals surface area contributed by atoms with Crippen molar-refractivity contribution in [1.82, 2.24) is 0 Å². The van der Waals surface area contributed by atoms with Gasteiger partial charge in [-0.1, -0.05) is 18.2 Å². The van der Waals surface area contributed by atoms with Gasteiger partial charge < -0.3 is 9.84 Å². The summed E-state index contributed by atoms with van der Waals surface area (Å²) in [4.78, 5) is 11.1. The Bertz CT molecular complexity index is 674. The van der Waals surface area contributed by atoms with E-state index in [4.69, 9.17) is 4.74 Å². The topological polar surface area (TPSA) is 46.5 Å². The van der Waals surface area contributed by atoms with E-state index in [9.17, 15) is 9.90 Å². The van der Waals surface area contributed by atoms with Gasteiger partial charge in [0.05, 0.1) is 0 Å². The fourth-order valence-corrected chi connectivity index (χ4v) is 3.25. The molecule has 0 radical (unpaired) electrons. The van der Waals surface area contributed by atoms with Crippen LogP contribution in [0.3, 0.4) is 0 Å². The summed E-state index contributed by atoms with van der Waals surface area (Å²) >= 11 is 0. The van der Waals surface area contributed by atoms with Crippen LogP contribution in [-0.2, 0) is 17.6 Å². The quantitative estimate of drug-likeness (QED) is 0.688. The van der Waals surface area contributed by atoms with E-state index < -0.39 is 0 Å². The number of phenols is 1. The third kappa shape index (κ3) is 3.30. The third-order valence-electron chi connectivity index (χ3n) is 4.23. The second kappa shape index (κ2) is 6.22. The highest BCUT2D eigenvalue weighted by atomic mass is 16.5. The average molecular weight is 296 g/mol. The molecular weight excluding hydrogens is 276 g/mol. The van der Waals surface area contributed by atoms with E-state index in [1.54, 1.807) is 12.1 Å². The van der Waals surface area contributed by atoms with Crippen LogP contribution in [0.15, 0.2) is 42.5 Å². The lowest BCUT2D eigenvalue weighted by Gasteiger charge is -2.26. The number of phenolic OH excluding ortho intramolecular Hbond substituents is 1. The summed E-state index contributed by atoms with van der Waals surface area (Å²) < 4.78 is 5.18. The zero-order valence-corrected chi connectivity index (χ0v) is 12.7. The predicted molar refractivity (Wildman–Crippen MR) is 85.2 cm³/mol. The number of fused-ring (bicyclic) bond motifs is 1. The number of hydrogen-bond acceptors (Lipinski definition) is 3. The summed E-state index contributed by atoms with van der Waals surface area (Å²) in [7, 11) is 0. The number of hydrogen-bond donors (Lipinski definition) is 1. The van der Waals surface area contributed by atoms with Gasteiger partial charge in [-0.2, -0.15) is 0 Å². The first-order chi connectivity index (χ1) is 10.6. The highest BCUT2D eigenvalue weighted by Crippen LogP contribution is 2.36. The fraction of sp³-hybridized carbons (Fsp3) is 0.316. The van der Waals surface area contributed by atoms with Gasteiger partial charge in [0.25, 0.3) is 0 Å². The van der Waals surface area contributed by atoms with Crippen molar-refractivity contribution in [3.05, 3.63) is 59.2 Å². The average Bonchev–Trinajstić information content (AvgIpc) is 2.49. The summed E-state index contributed by atoms with van der Waals surface area (Å²) in [6.07, 6.45) is 4.33. The molecule has 0 amide bonds. The summed E-state index contributed by atoms with van der Waals surface area (Å²) in [5.41, 5.74) is 3.88. The first kappa shape index (κ1) is 14.6. The Morgan fingerprint density at radius 1 is 1.23 bits per heavy atom. The molecule has 3 nitrogen and oxygen atoms in total. The van der Waals surface area contributed by atoms with Gasteiger partial charge in [-0.25, -0.2) is 0 Å². The molecule has 1 atom stereocenters. The molecule has 3 rings (SSSR count). The molecule has 0 saturated heterocycles. The Hall–Kier alpha value is -2.29. The van der Waals surface area contributed by atoms with Gasteiger partial charge in [0.15, 0.2) is 0 Å². The van der Waals surface area contributed by atoms with Gasteiger partial charge in [0.2, 0.25) is 0 Å². The molecule has 3 heteroatoms. The molecule has 1 aliphatic rings. The molecule has 0 heterocycles. The molecular formula is C19H20O3. The molecule has 0 saturated carbocycles. The van der Waals surface area contributed by atoms with Crippen molar-refractivity contribution in [2.24, 2.45) is 0 Å². The van der Waals surface area contributed by atoms with Crippen molar-refractivity contribution in [2.75, 3.05) is 0 Å². The molecule has 2 aromatic rings. The number of benzene rings is 2. The van der Waals surface area contributed by atoms with Crippen LogP contribution in [-0.4, -0.2) is 11.1 Å². The highest BCUT2D eigenvalue weighted by Gasteiger charge is 2.21. The summed E-state index contributed by atoms with van der Waals surface area (Å²) in [6.45, 7) is 1.42. The second-order valence-corrected chi connectivity index (χ2v) is 5.91. The maximum Gasteiger partial charge on any atom is 0.308 e. The molecule has 0 fully saturated rings. The predicted octanol–water partition coefficient (Wildman–Crippen LogP) is 3.98. The number of carbonyl (C=O) groups excluding carboxylic acids is 1. The maximum atomic E-state index is 11.1. The van der Waals surface area contributed by atoms with Crippen LogP contribution in [0.4, 0.5) is 0 Å². The maximum absolute atomic E-state index is 11.1. The standard InChI is InChI=1S/C19H20O3/c1-13(20)22-18-9-10-19-15(3-2-4-16(19)12-18)11-14-5-7-17(21)8-6-14/h5-10,12,15,21H,2-4,11H2,1H3/t15-/m0/s1. The van der Waals surface area contributed by atoms with E-state index in [0.29, 0.717) is 17.4 Å². The lowest BCUT2D eigenvalue weighted by atomic mass is 9.79. The molecule has 1 N–H and O–H groups in total. The first-order valence-corrected chi connectivity index (χ1v) is 7.71. The number of rotatable bonds is 3. The fourth-order valence-electron chi connectivity index (χ4n) is 3.25. The van der Waals surface area contributed by atoms with E-state index in [1.807, 2.05) is 24.3 Å². The molecule has 0 spiro atoms. The molecule has 22 heavy (non-hydrogen) atoms. The van der Waals surface area contributed by atoms with Gasteiger partial charge in [0.1, 0.15) is 11.5 Å². The van der Waals surface area contributed by atoms with Gasteiger partial charge in [0, 0.05) is 6.92 Å². The van der Waals surface area contributed by atoms with Gasteiger partial charge in [-0.3, -0.25) is 4.79 Å². The van der Waals surface area contributed by atoms with E-state index in [0.717, 1.165) is 19.3 Å². The third-order valence-corrected chi connectivity index (χ3v) is 4.23. The van der Waals surface area contributed by atoms with Crippen LogP contribution in [0.5, 0.6) is 11.5 Å². The lowest BCUT2D eigenvalue weighted by Crippen LogP contribution is -2.13. The van der Waals surface area contributed by atoms with Crippen molar-refractivity contribution >= 4 is 5.97 Å². The molecule has 114 valence electrons. The molecule has 1 aliphatic carbocycles. The number of aryl methyl sites for hydroxylation is 1. The van der Waals surface area contributed by atoms with Gasteiger partial charge >= 0.3 is 5.97 Å². The molecule has 2 aromatic carbocycles. The largest absolute Gasteiger partial charge is 0.508 e. The Kier molecular flexibility index (Phi) is 4.14. The summed E-state index contributed by atoms with van der Waals surface area (Å²) in [5.74, 6) is 1.14. The van der Waals surface area contributed by atoms with Crippen LogP contribution < -0.4 is 4.74 Å². The molecule has 0 aromatic heterocycles. The molecule has 0 unspecified atom stereocenters. The van der Waals surface area contributed by atoms with Crippen molar-refractivity contribution in [3.63, 3.8) is 0 Å². The summed E-state index contributed by atoms with van der Waals surface area (Å²) in [5, 5.41) is 9.38. The minimum Gasteiger partial charge on any atom is -0.508 e. The van der Waals surface area contributed by atoms with Crippen molar-refractivity contribution in [2.45, 2.75) is 38.5 Å². The van der Waals surface area contributed by atoms with E-state index in [2.05, 4.69) is 6.07 Å². The smallest absolute Gasteiger partial charge is 0.308 e. The number of esters is 1. The van der Waals surface area contributed by atoms with Crippen LogP contribution in [0.1, 0.15) is 42.4 Å². The van der Waals surface area contributed by atoms with Crippen molar-refractivity contribution in [1.29, 1.82) is 0 Å². The monoisotopic (exact) mass is 296 g/mol. The SMILES string of the molecule is CC(=O)Oc1ccc2c(c1)CCC[C@H]2Cc1ccc(O)cc1. The van der Waals surface area contributed by atoms with Crippen LogP contribution >= 0.6 is 0 Å². The minimum atomic E-state index is -0.281. The van der Waals surface area contributed by atoms with Crippen molar-refractivity contribution in [3.8, 4) is 11.5 Å². The van der Waals surface area contributed by atoms with Crippen LogP contribution in [0, 0.1) is 0 Å². The Labute approximate surface area is 130 Å². The first-order valence-electron chi connectivity index (χ1n) is 7.71. The van der Waals surface area contributed by atoms with E-state index in [1.165, 1.54) is 30.0 Å². The number of carbonyl (C=O) groups is 1. The summed E-state index contributed by atoms with van der Waals surface area (Å²) in [6, 6.07) is 13.4. The van der Waals surface area contributed by atoms with E-state index in [-0.39, 0.29) is 5.97 Å². The lowest BCUT2D eigenvalue weighted by molar-refractivity contribution is -0.131.